The van der Waals surface area contributed by atoms with Gasteiger partial charge in [0, 0.05) is 38.4 Å². The maximum absolute atomic E-state index is 12.6. The van der Waals surface area contributed by atoms with Crippen molar-refractivity contribution in [3.8, 4) is 0 Å². The van der Waals surface area contributed by atoms with Gasteiger partial charge >= 0.3 is 6.03 Å². The number of hydrogen-bond donors (Lipinski definition) is 2. The van der Waals surface area contributed by atoms with Gasteiger partial charge in [-0.05, 0) is 48.1 Å². The van der Waals surface area contributed by atoms with Crippen LogP contribution in [-0.2, 0) is 12.8 Å². The van der Waals surface area contributed by atoms with Gasteiger partial charge in [-0.3, -0.25) is 4.90 Å². The van der Waals surface area contributed by atoms with E-state index in [4.69, 9.17) is 0 Å². The summed E-state index contributed by atoms with van der Waals surface area (Å²) < 4.78 is 0. The van der Waals surface area contributed by atoms with Crippen molar-refractivity contribution in [3.63, 3.8) is 0 Å². The summed E-state index contributed by atoms with van der Waals surface area (Å²) in [4.78, 5) is 16.6. The van der Waals surface area contributed by atoms with E-state index in [1.807, 2.05) is 41.3 Å². The molecule has 2 aliphatic rings. The molecule has 1 heterocycles. The molecular weight excluding hydrogens is 338 g/mol. The van der Waals surface area contributed by atoms with Crippen molar-refractivity contribution < 1.29 is 9.90 Å². The van der Waals surface area contributed by atoms with E-state index in [1.165, 1.54) is 17.5 Å². The van der Waals surface area contributed by atoms with Gasteiger partial charge in [0.05, 0.1) is 6.10 Å². The zero-order valence-corrected chi connectivity index (χ0v) is 15.6. The Morgan fingerprint density at radius 3 is 2.52 bits per heavy atom. The zero-order chi connectivity index (χ0) is 18.6. The van der Waals surface area contributed by atoms with Crippen LogP contribution < -0.4 is 5.32 Å². The highest BCUT2D eigenvalue weighted by molar-refractivity contribution is 5.89. The highest BCUT2D eigenvalue weighted by atomic mass is 16.3. The first-order chi connectivity index (χ1) is 13.2. The van der Waals surface area contributed by atoms with E-state index in [9.17, 15) is 9.90 Å². The Bertz CT molecular complexity index is 785. The van der Waals surface area contributed by atoms with Crippen molar-refractivity contribution in [3.05, 3.63) is 65.2 Å². The van der Waals surface area contributed by atoms with Gasteiger partial charge in [0.15, 0.2) is 0 Å². The first-order valence-corrected chi connectivity index (χ1v) is 9.82. The minimum absolute atomic E-state index is 0.0313. The molecule has 0 bridgehead atoms. The summed E-state index contributed by atoms with van der Waals surface area (Å²) >= 11 is 0. The molecule has 2 aromatic rings. The molecule has 0 aromatic heterocycles. The van der Waals surface area contributed by atoms with Crippen LogP contribution in [0.3, 0.4) is 0 Å². The van der Waals surface area contributed by atoms with Crippen LogP contribution in [0.4, 0.5) is 10.5 Å². The molecule has 0 spiro atoms. The maximum Gasteiger partial charge on any atom is 0.321 e. The van der Waals surface area contributed by atoms with Crippen molar-refractivity contribution in [2.45, 2.75) is 25.4 Å². The van der Waals surface area contributed by atoms with Crippen LogP contribution >= 0.6 is 0 Å². The second-order valence-corrected chi connectivity index (χ2v) is 7.48. The number of nitrogens with zero attached hydrogens (tertiary/aromatic N) is 2. The Morgan fingerprint density at radius 2 is 1.74 bits per heavy atom. The second kappa shape index (κ2) is 8.11. The van der Waals surface area contributed by atoms with E-state index in [1.54, 1.807) is 0 Å². The number of piperazine rings is 1. The van der Waals surface area contributed by atoms with E-state index >= 15 is 0 Å². The van der Waals surface area contributed by atoms with E-state index < -0.39 is 6.10 Å². The van der Waals surface area contributed by atoms with Crippen LogP contribution in [0, 0.1) is 0 Å². The fourth-order valence-corrected chi connectivity index (χ4v) is 4.01. The summed E-state index contributed by atoms with van der Waals surface area (Å²) in [6.45, 7) is 3.52. The number of hydrogen-bond acceptors (Lipinski definition) is 3. The zero-order valence-electron chi connectivity index (χ0n) is 15.6. The van der Waals surface area contributed by atoms with Gasteiger partial charge in [-0.25, -0.2) is 4.79 Å². The van der Waals surface area contributed by atoms with Crippen molar-refractivity contribution in [2.75, 3.05) is 38.0 Å². The summed E-state index contributed by atoms with van der Waals surface area (Å²) in [5.41, 5.74) is 4.61. The summed E-state index contributed by atoms with van der Waals surface area (Å²) in [6, 6.07) is 16.0. The number of aliphatic hydroxyl groups excluding tert-OH is 1. The Hall–Kier alpha value is -2.37. The van der Waals surface area contributed by atoms with Crippen LogP contribution in [0.5, 0.6) is 0 Å². The van der Waals surface area contributed by atoms with Gasteiger partial charge in [0.2, 0.25) is 0 Å². The Morgan fingerprint density at radius 1 is 1.00 bits per heavy atom. The Kier molecular flexibility index (Phi) is 5.41. The highest BCUT2D eigenvalue weighted by Gasteiger charge is 2.23. The fourth-order valence-electron chi connectivity index (χ4n) is 4.01. The summed E-state index contributed by atoms with van der Waals surface area (Å²) in [5.74, 6) is 0. The lowest BCUT2D eigenvalue weighted by Crippen LogP contribution is -2.50. The van der Waals surface area contributed by atoms with E-state index in [0.29, 0.717) is 19.6 Å². The van der Waals surface area contributed by atoms with Gasteiger partial charge in [0.1, 0.15) is 0 Å². The van der Waals surface area contributed by atoms with Crippen molar-refractivity contribution in [1.82, 2.24) is 9.80 Å². The molecule has 27 heavy (non-hydrogen) atoms. The minimum Gasteiger partial charge on any atom is -0.387 e. The van der Waals surface area contributed by atoms with E-state index in [2.05, 4.69) is 22.3 Å². The smallest absolute Gasteiger partial charge is 0.321 e. The van der Waals surface area contributed by atoms with Crippen molar-refractivity contribution >= 4 is 11.7 Å². The van der Waals surface area contributed by atoms with Crippen molar-refractivity contribution in [1.29, 1.82) is 0 Å². The molecule has 1 atom stereocenters. The summed E-state index contributed by atoms with van der Waals surface area (Å²) in [7, 11) is 0. The van der Waals surface area contributed by atoms with Crippen LogP contribution in [0.1, 0.15) is 29.2 Å². The number of rotatable bonds is 4. The first kappa shape index (κ1) is 18.0. The summed E-state index contributed by atoms with van der Waals surface area (Å²) in [6.07, 6.45) is 2.99. The lowest BCUT2D eigenvalue weighted by molar-refractivity contribution is 0.0831. The number of urea groups is 1. The third-order valence-corrected chi connectivity index (χ3v) is 5.62. The largest absolute Gasteiger partial charge is 0.387 e. The molecule has 1 saturated heterocycles. The van der Waals surface area contributed by atoms with Crippen LogP contribution in [0.2, 0.25) is 0 Å². The SMILES string of the molecule is O=C(Nc1ccc2c(c1)CCC2)N1CCN(CC(O)c2ccccc2)CC1. The third-order valence-electron chi connectivity index (χ3n) is 5.62. The standard InChI is InChI=1S/C22H27N3O2/c26-21(18-5-2-1-3-6-18)16-24-11-13-25(14-12-24)22(27)23-20-10-9-17-7-4-8-19(17)15-20/h1-3,5-6,9-10,15,21,26H,4,7-8,11-14,16H2,(H,23,27). The maximum atomic E-state index is 12.6. The number of fused-ring (bicyclic) bond motifs is 1. The molecular formula is C22H27N3O2. The predicted molar refractivity (Wildman–Crippen MR) is 107 cm³/mol. The third kappa shape index (κ3) is 4.31. The van der Waals surface area contributed by atoms with Crippen molar-refractivity contribution in [2.24, 2.45) is 0 Å². The Balaban J connectivity index is 1.27. The lowest BCUT2D eigenvalue weighted by Gasteiger charge is -2.35. The number of carbonyl (C=O) groups is 1. The fraction of sp³-hybridized carbons (Fsp3) is 0.409. The van der Waals surface area contributed by atoms with Crippen LogP contribution in [-0.4, -0.2) is 53.7 Å². The molecule has 1 unspecified atom stereocenters. The average Bonchev–Trinajstić information content (AvgIpc) is 3.17. The number of benzene rings is 2. The normalized spacial score (nSPS) is 18.2. The molecule has 5 nitrogen and oxygen atoms in total. The minimum atomic E-state index is -0.488. The monoisotopic (exact) mass is 365 g/mol. The van der Waals surface area contributed by atoms with Gasteiger partial charge < -0.3 is 15.3 Å². The molecule has 5 heteroatoms. The molecule has 1 aliphatic heterocycles. The highest BCUT2D eigenvalue weighted by Crippen LogP contribution is 2.25. The van der Waals surface area contributed by atoms with Gasteiger partial charge in [0.25, 0.3) is 0 Å². The second-order valence-electron chi connectivity index (χ2n) is 7.48. The number of aliphatic hydroxyl groups is 1. The average molecular weight is 365 g/mol. The molecule has 142 valence electrons. The lowest BCUT2D eigenvalue weighted by atomic mass is 10.1. The predicted octanol–water partition coefficient (Wildman–Crippen LogP) is 3.06. The first-order valence-electron chi connectivity index (χ1n) is 9.82. The molecule has 1 fully saturated rings. The number of aryl methyl sites for hydroxylation is 2. The van der Waals surface area contributed by atoms with E-state index in [-0.39, 0.29) is 6.03 Å². The quantitative estimate of drug-likeness (QED) is 0.876. The van der Waals surface area contributed by atoms with Gasteiger partial charge in [-0.2, -0.15) is 0 Å². The number of carbonyl (C=O) groups excluding carboxylic acids is 1. The molecule has 2 amide bonds. The molecule has 2 N–H and O–H groups in total. The van der Waals surface area contributed by atoms with E-state index in [0.717, 1.165) is 37.2 Å². The molecule has 0 radical (unpaired) electrons. The van der Waals surface area contributed by atoms with Gasteiger partial charge in [-0.15, -0.1) is 0 Å². The molecule has 2 aromatic carbocycles. The number of nitrogens with one attached hydrogen (secondary N) is 1. The summed E-state index contributed by atoms with van der Waals surface area (Å²) in [5, 5.41) is 13.4. The van der Waals surface area contributed by atoms with Crippen LogP contribution in [0.25, 0.3) is 0 Å². The Labute approximate surface area is 160 Å². The molecule has 0 saturated carbocycles. The topological polar surface area (TPSA) is 55.8 Å². The number of amides is 2. The van der Waals surface area contributed by atoms with Gasteiger partial charge in [-0.1, -0.05) is 36.4 Å². The number of anilines is 1. The number of β-amino-alcohol motifs (C(OH)–C–C–N with tert-alkyl or cyclic N) is 1. The van der Waals surface area contributed by atoms with Crippen LogP contribution in [0.15, 0.2) is 48.5 Å². The molecule has 1 aliphatic carbocycles. The molecule has 4 rings (SSSR count).